The lowest BCUT2D eigenvalue weighted by molar-refractivity contribution is -0.206. The lowest BCUT2D eigenvalue weighted by Crippen LogP contribution is -2.34. The van der Waals surface area contributed by atoms with E-state index >= 15 is 0 Å². The van der Waals surface area contributed by atoms with Crippen LogP contribution in [0.15, 0.2) is 36.1 Å². The zero-order valence-electron chi connectivity index (χ0n) is 11.3. The number of carbonyl (C=O) groups is 1. The van der Waals surface area contributed by atoms with Crippen LogP contribution in [0.2, 0.25) is 0 Å². The highest BCUT2D eigenvalue weighted by Crippen LogP contribution is 2.29. The second-order valence-corrected chi connectivity index (χ2v) is 4.99. The van der Waals surface area contributed by atoms with Gasteiger partial charge in [0.05, 0.1) is 23.8 Å². The van der Waals surface area contributed by atoms with Crippen molar-refractivity contribution in [1.82, 2.24) is 0 Å². The third kappa shape index (κ3) is 3.37. The first-order valence-electron chi connectivity index (χ1n) is 6.20. The van der Waals surface area contributed by atoms with Crippen molar-refractivity contribution in [2.75, 3.05) is 0 Å². The Morgan fingerprint density at radius 2 is 1.95 bits per heavy atom. The molecule has 0 aliphatic carbocycles. The third-order valence-electron chi connectivity index (χ3n) is 2.82. The van der Waals surface area contributed by atoms with Crippen molar-refractivity contribution in [3.63, 3.8) is 0 Å². The van der Waals surface area contributed by atoms with Crippen molar-refractivity contribution in [2.24, 2.45) is 0 Å². The van der Waals surface area contributed by atoms with E-state index < -0.39 is 17.9 Å². The molecule has 1 aliphatic rings. The van der Waals surface area contributed by atoms with Gasteiger partial charge in [-0.05, 0) is 17.7 Å². The van der Waals surface area contributed by atoms with E-state index in [9.17, 15) is 9.90 Å². The highest BCUT2D eigenvalue weighted by Gasteiger charge is 2.30. The average Bonchev–Trinajstić information content (AvgIpc) is 2.36. The predicted octanol–water partition coefficient (Wildman–Crippen LogP) is 2.18. The van der Waals surface area contributed by atoms with Crippen LogP contribution >= 0.6 is 0 Å². The van der Waals surface area contributed by atoms with Crippen LogP contribution in [0.25, 0.3) is 0 Å². The fourth-order valence-electron chi connectivity index (χ4n) is 1.96. The van der Waals surface area contributed by atoms with Gasteiger partial charge in [0.15, 0.2) is 0 Å². The maximum atomic E-state index is 11.4. The first-order valence-corrected chi connectivity index (χ1v) is 6.20. The third-order valence-corrected chi connectivity index (χ3v) is 2.82. The Hall–Kier alpha value is -2.32. The van der Waals surface area contributed by atoms with E-state index in [1.807, 2.05) is 6.07 Å². The van der Waals surface area contributed by atoms with Gasteiger partial charge >= 0.3 is 5.97 Å². The Bertz CT molecular complexity index is 581. The van der Waals surface area contributed by atoms with Crippen molar-refractivity contribution < 1.29 is 19.4 Å². The molecule has 0 bridgehead atoms. The molecule has 1 atom stereocenters. The molecule has 1 aliphatic heterocycles. The quantitative estimate of drug-likeness (QED) is 0.854. The van der Waals surface area contributed by atoms with Crippen LogP contribution in [0.4, 0.5) is 0 Å². The Morgan fingerprint density at radius 3 is 2.50 bits per heavy atom. The van der Waals surface area contributed by atoms with Gasteiger partial charge in [0.25, 0.3) is 0 Å². The molecule has 0 radical (unpaired) electrons. The Morgan fingerprint density at radius 1 is 1.30 bits per heavy atom. The smallest absolute Gasteiger partial charge is 0.337 e. The molecule has 0 amide bonds. The Labute approximate surface area is 117 Å². The topological polar surface area (TPSA) is 79.5 Å². The second-order valence-electron chi connectivity index (χ2n) is 4.99. The summed E-state index contributed by atoms with van der Waals surface area (Å²) in [5.41, 5.74) is 1.18. The minimum atomic E-state index is -1.02. The summed E-state index contributed by atoms with van der Waals surface area (Å²) in [4.78, 5) is 11.4. The minimum Gasteiger partial charge on any atom is -0.457 e. The summed E-state index contributed by atoms with van der Waals surface area (Å²) in [5.74, 6) is -1.13. The first-order chi connectivity index (χ1) is 9.39. The zero-order chi connectivity index (χ0) is 14.8. The molecule has 1 aromatic carbocycles. The number of ether oxygens (including phenoxy) is 2. The summed E-state index contributed by atoms with van der Waals surface area (Å²) in [7, 11) is 0. The van der Waals surface area contributed by atoms with Gasteiger partial charge in [0.1, 0.15) is 5.76 Å². The van der Waals surface area contributed by atoms with Crippen LogP contribution in [-0.4, -0.2) is 16.9 Å². The maximum Gasteiger partial charge on any atom is 0.337 e. The van der Waals surface area contributed by atoms with Crippen molar-refractivity contribution in [1.29, 1.82) is 5.26 Å². The number of aliphatic hydroxyl groups is 1. The van der Waals surface area contributed by atoms with Crippen LogP contribution in [-0.2, 0) is 14.3 Å². The monoisotopic (exact) mass is 273 g/mol. The number of carbonyl (C=O) groups excluding carboxylic acids is 1. The molecule has 20 heavy (non-hydrogen) atoms. The summed E-state index contributed by atoms with van der Waals surface area (Å²) in [5, 5.41) is 18.9. The summed E-state index contributed by atoms with van der Waals surface area (Å²) < 4.78 is 10.5. The van der Waals surface area contributed by atoms with E-state index in [-0.39, 0.29) is 6.42 Å². The van der Waals surface area contributed by atoms with Gasteiger partial charge in [0, 0.05) is 20.3 Å². The van der Waals surface area contributed by atoms with E-state index in [1.54, 1.807) is 38.1 Å². The van der Waals surface area contributed by atoms with E-state index in [2.05, 4.69) is 0 Å². The largest absolute Gasteiger partial charge is 0.457 e. The number of benzene rings is 1. The molecule has 5 heteroatoms. The van der Waals surface area contributed by atoms with E-state index in [4.69, 9.17) is 14.7 Å². The van der Waals surface area contributed by atoms with Gasteiger partial charge in [0.2, 0.25) is 5.79 Å². The molecule has 0 aromatic heterocycles. The molecule has 0 saturated heterocycles. The molecular weight excluding hydrogens is 258 g/mol. The summed E-state index contributed by atoms with van der Waals surface area (Å²) in [6, 6.07) is 8.63. The standard InChI is InChI=1S/C15H15NO4/c1-15(2)19-12(8-14(18)20-15)7-13(17)11-5-3-10(9-16)4-6-11/h3-6,8,13,17H,7H2,1-2H3. The number of aliphatic hydroxyl groups excluding tert-OH is 1. The summed E-state index contributed by atoms with van der Waals surface area (Å²) in [6.45, 7) is 3.26. The lowest BCUT2D eigenvalue weighted by atomic mass is 10.0. The molecule has 1 heterocycles. The summed E-state index contributed by atoms with van der Waals surface area (Å²) in [6.07, 6.45) is 0.596. The van der Waals surface area contributed by atoms with Crippen LogP contribution in [0.1, 0.15) is 37.5 Å². The van der Waals surface area contributed by atoms with Crippen LogP contribution in [0, 0.1) is 11.3 Å². The minimum absolute atomic E-state index is 0.171. The SMILES string of the molecule is CC1(C)OC(=O)C=C(CC(O)c2ccc(C#N)cc2)O1. The predicted molar refractivity (Wildman–Crippen MR) is 70.1 cm³/mol. The van der Waals surface area contributed by atoms with Crippen molar-refractivity contribution in [2.45, 2.75) is 32.2 Å². The van der Waals surface area contributed by atoms with Crippen molar-refractivity contribution >= 4 is 5.97 Å². The molecule has 1 N–H and O–H groups in total. The Balaban J connectivity index is 2.09. The number of rotatable bonds is 3. The number of cyclic esters (lactones) is 1. The van der Waals surface area contributed by atoms with Crippen LogP contribution in [0.5, 0.6) is 0 Å². The molecule has 0 saturated carbocycles. The van der Waals surface area contributed by atoms with Crippen molar-refractivity contribution in [3.8, 4) is 6.07 Å². The highest BCUT2D eigenvalue weighted by atomic mass is 16.7. The number of hydrogen-bond donors (Lipinski definition) is 1. The van der Waals surface area contributed by atoms with E-state index in [0.717, 1.165) is 0 Å². The zero-order valence-corrected chi connectivity index (χ0v) is 11.3. The highest BCUT2D eigenvalue weighted by molar-refractivity contribution is 5.83. The van der Waals surface area contributed by atoms with Gasteiger partial charge in [-0.25, -0.2) is 4.79 Å². The lowest BCUT2D eigenvalue weighted by Gasteiger charge is -2.31. The van der Waals surface area contributed by atoms with Gasteiger partial charge in [-0.3, -0.25) is 0 Å². The number of nitrogens with zero attached hydrogens (tertiary/aromatic N) is 1. The van der Waals surface area contributed by atoms with Gasteiger partial charge in [-0.2, -0.15) is 5.26 Å². The molecule has 0 spiro atoms. The number of esters is 1. The number of hydrogen-bond acceptors (Lipinski definition) is 5. The molecule has 1 unspecified atom stereocenters. The molecular formula is C15H15NO4. The fourth-order valence-corrected chi connectivity index (χ4v) is 1.96. The van der Waals surface area contributed by atoms with E-state index in [0.29, 0.717) is 16.9 Å². The second kappa shape index (κ2) is 5.35. The van der Waals surface area contributed by atoms with E-state index in [1.165, 1.54) is 6.08 Å². The van der Waals surface area contributed by atoms with Gasteiger partial charge < -0.3 is 14.6 Å². The first kappa shape index (κ1) is 14.1. The van der Waals surface area contributed by atoms with Gasteiger partial charge in [-0.15, -0.1) is 0 Å². The molecule has 2 rings (SSSR count). The molecule has 104 valence electrons. The molecule has 1 aromatic rings. The molecule has 0 fully saturated rings. The van der Waals surface area contributed by atoms with Crippen molar-refractivity contribution in [3.05, 3.63) is 47.2 Å². The summed E-state index contributed by atoms with van der Waals surface area (Å²) >= 11 is 0. The Kier molecular flexibility index (Phi) is 3.77. The fraction of sp³-hybridized carbons (Fsp3) is 0.333. The molecule has 5 nitrogen and oxygen atoms in total. The van der Waals surface area contributed by atoms with Crippen LogP contribution in [0.3, 0.4) is 0 Å². The average molecular weight is 273 g/mol. The number of nitriles is 1. The normalized spacial score (nSPS) is 18.3. The maximum absolute atomic E-state index is 11.4. The van der Waals surface area contributed by atoms with Gasteiger partial charge in [-0.1, -0.05) is 12.1 Å². The van der Waals surface area contributed by atoms with Crippen LogP contribution < -0.4 is 0 Å².